The van der Waals surface area contributed by atoms with Crippen molar-refractivity contribution in [3.8, 4) is 11.5 Å². The van der Waals surface area contributed by atoms with Crippen LogP contribution in [-0.4, -0.2) is 28.1 Å². The van der Waals surface area contributed by atoms with Crippen molar-refractivity contribution in [2.75, 3.05) is 14.2 Å². The predicted octanol–water partition coefficient (Wildman–Crippen LogP) is 2.55. The van der Waals surface area contributed by atoms with E-state index in [1.165, 1.54) is 0 Å². The summed E-state index contributed by atoms with van der Waals surface area (Å²) in [6, 6.07) is 5.73. The Kier molecular flexibility index (Phi) is 4.44. The van der Waals surface area contributed by atoms with Crippen LogP contribution in [0.3, 0.4) is 0 Å². The molecule has 0 amide bonds. The fraction of sp³-hybridized carbons (Fsp3) is 0.231. The number of thiocarbonyl (C=S) groups is 1. The van der Waals surface area contributed by atoms with Gasteiger partial charge in [0.1, 0.15) is 21.6 Å². The average molecular weight is 294 g/mol. The molecule has 0 saturated heterocycles. The van der Waals surface area contributed by atoms with E-state index in [0.29, 0.717) is 10.7 Å². The summed E-state index contributed by atoms with van der Waals surface area (Å²) in [5.74, 6) is 2.33. The smallest absolute Gasteiger partial charge is 0.142 e. The first-order chi connectivity index (χ1) is 9.13. The van der Waals surface area contributed by atoms with Gasteiger partial charge in [-0.15, -0.1) is 12.6 Å². The number of aromatic nitrogens is 2. The Balaban J connectivity index is 2.32. The Bertz CT molecular complexity index is 574. The highest BCUT2D eigenvalue weighted by atomic mass is 32.1. The van der Waals surface area contributed by atoms with Crippen LogP contribution in [0, 0.1) is 0 Å². The van der Waals surface area contributed by atoms with Gasteiger partial charge in [-0.2, -0.15) is 0 Å². The van der Waals surface area contributed by atoms with Gasteiger partial charge in [0.2, 0.25) is 0 Å². The number of methoxy groups -OCH3 is 2. The number of rotatable bonds is 4. The van der Waals surface area contributed by atoms with E-state index in [-0.39, 0.29) is 0 Å². The van der Waals surface area contributed by atoms with Crippen LogP contribution in [0.5, 0.6) is 11.5 Å². The largest absolute Gasteiger partial charge is 0.497 e. The van der Waals surface area contributed by atoms with Crippen LogP contribution in [0.4, 0.5) is 0 Å². The van der Waals surface area contributed by atoms with Gasteiger partial charge in [-0.05, 0) is 17.7 Å². The lowest BCUT2D eigenvalue weighted by atomic mass is 10.1. The first kappa shape index (κ1) is 13.9. The molecule has 0 bridgehead atoms. The molecule has 100 valence electrons. The molecule has 1 heterocycles. The minimum Gasteiger partial charge on any atom is -0.497 e. The quantitative estimate of drug-likeness (QED) is 0.694. The van der Waals surface area contributed by atoms with Gasteiger partial charge in [0.05, 0.1) is 14.2 Å². The summed E-state index contributed by atoms with van der Waals surface area (Å²) in [6.07, 6.45) is 4.12. The van der Waals surface area contributed by atoms with Crippen molar-refractivity contribution in [3.05, 3.63) is 42.0 Å². The average Bonchev–Trinajstić information content (AvgIpc) is 2.86. The monoisotopic (exact) mass is 294 g/mol. The first-order valence-electron chi connectivity index (χ1n) is 5.61. The van der Waals surface area contributed by atoms with Crippen LogP contribution in [0.25, 0.3) is 0 Å². The Morgan fingerprint density at radius 1 is 1.26 bits per heavy atom. The molecule has 1 aromatic heterocycles. The summed E-state index contributed by atoms with van der Waals surface area (Å²) in [6.45, 7) is 0. The molecular weight excluding hydrogens is 280 g/mol. The molecule has 0 saturated carbocycles. The molecular formula is C13H14N2O2S2. The summed E-state index contributed by atoms with van der Waals surface area (Å²) in [4.78, 5) is 4.29. The van der Waals surface area contributed by atoms with Crippen LogP contribution in [0.2, 0.25) is 0 Å². The van der Waals surface area contributed by atoms with E-state index in [9.17, 15) is 0 Å². The Morgan fingerprint density at radius 3 is 2.42 bits per heavy atom. The number of nitrogens with zero attached hydrogens (tertiary/aromatic N) is 2. The van der Waals surface area contributed by atoms with Gasteiger partial charge in [0.25, 0.3) is 0 Å². The molecule has 0 aliphatic rings. The molecule has 0 aliphatic carbocycles. The molecule has 4 nitrogen and oxygen atoms in total. The SMILES string of the molecule is COc1cc(Cc2nccn2C(=S)S)cc(OC)c1. The van der Waals surface area contributed by atoms with Gasteiger partial charge in [-0.25, -0.2) is 4.98 Å². The zero-order valence-electron chi connectivity index (χ0n) is 10.7. The summed E-state index contributed by atoms with van der Waals surface area (Å²) in [5, 5.41) is 0. The third-order valence-electron chi connectivity index (χ3n) is 2.70. The molecule has 0 N–H and O–H groups in total. The molecule has 0 fully saturated rings. The fourth-order valence-corrected chi connectivity index (χ4v) is 2.14. The van der Waals surface area contributed by atoms with E-state index in [1.54, 1.807) is 31.2 Å². The molecule has 0 spiro atoms. The molecule has 6 heteroatoms. The Morgan fingerprint density at radius 2 is 1.89 bits per heavy atom. The third kappa shape index (κ3) is 3.27. The summed E-state index contributed by atoms with van der Waals surface area (Å²) < 4.78 is 12.7. The standard InChI is InChI=1S/C13H14N2O2S2/c1-16-10-5-9(6-11(8-10)17-2)7-12-14-3-4-15(12)13(18)19/h3-6,8H,7H2,1-2H3,(H,18,19). The number of hydrogen-bond acceptors (Lipinski definition) is 4. The lowest BCUT2D eigenvalue weighted by molar-refractivity contribution is 0.393. The maximum absolute atomic E-state index is 5.25. The molecule has 0 unspecified atom stereocenters. The molecule has 0 radical (unpaired) electrons. The zero-order valence-corrected chi connectivity index (χ0v) is 12.4. The van der Waals surface area contributed by atoms with E-state index in [0.717, 1.165) is 22.9 Å². The second-order valence-electron chi connectivity index (χ2n) is 3.89. The molecule has 1 aromatic carbocycles. The van der Waals surface area contributed by atoms with Crippen molar-refractivity contribution in [2.24, 2.45) is 0 Å². The van der Waals surface area contributed by atoms with Gasteiger partial charge >= 0.3 is 0 Å². The second-order valence-corrected chi connectivity index (χ2v) is 5.01. The highest BCUT2D eigenvalue weighted by Crippen LogP contribution is 2.24. The fourth-order valence-electron chi connectivity index (χ4n) is 1.79. The van der Waals surface area contributed by atoms with Crippen molar-refractivity contribution in [2.45, 2.75) is 6.42 Å². The number of imidazole rings is 1. The van der Waals surface area contributed by atoms with E-state index in [1.807, 2.05) is 18.2 Å². The molecule has 0 aliphatic heterocycles. The maximum Gasteiger partial charge on any atom is 0.142 e. The van der Waals surface area contributed by atoms with Crippen LogP contribution < -0.4 is 9.47 Å². The topological polar surface area (TPSA) is 36.3 Å². The Hall–Kier alpha value is -1.53. The number of hydrogen-bond donors (Lipinski definition) is 1. The summed E-state index contributed by atoms with van der Waals surface area (Å²) >= 11 is 9.23. The Labute approximate surface area is 122 Å². The van der Waals surface area contributed by atoms with Gasteiger partial charge < -0.3 is 9.47 Å². The molecule has 19 heavy (non-hydrogen) atoms. The first-order valence-corrected chi connectivity index (χ1v) is 6.47. The van der Waals surface area contributed by atoms with E-state index in [4.69, 9.17) is 21.7 Å². The zero-order chi connectivity index (χ0) is 13.8. The lowest BCUT2D eigenvalue weighted by Crippen LogP contribution is -2.07. The van der Waals surface area contributed by atoms with Crippen molar-refractivity contribution >= 4 is 29.2 Å². The van der Waals surface area contributed by atoms with Gasteiger partial charge in [-0.1, -0.05) is 12.2 Å². The number of ether oxygens (including phenoxy) is 2. The summed E-state index contributed by atoms with van der Waals surface area (Å²) in [7, 11) is 3.25. The van der Waals surface area contributed by atoms with E-state index in [2.05, 4.69) is 17.6 Å². The van der Waals surface area contributed by atoms with Gasteiger partial charge in [0.15, 0.2) is 0 Å². The van der Waals surface area contributed by atoms with E-state index >= 15 is 0 Å². The maximum atomic E-state index is 5.25. The number of thiol groups is 1. The molecule has 2 aromatic rings. The van der Waals surface area contributed by atoms with E-state index < -0.39 is 0 Å². The van der Waals surface area contributed by atoms with Crippen molar-refractivity contribution in [1.82, 2.24) is 9.55 Å². The minimum absolute atomic E-state index is 0.474. The van der Waals surface area contributed by atoms with Gasteiger partial charge in [-0.3, -0.25) is 4.57 Å². The van der Waals surface area contributed by atoms with Crippen molar-refractivity contribution in [1.29, 1.82) is 0 Å². The predicted molar refractivity (Wildman–Crippen MR) is 81.6 cm³/mol. The highest BCUT2D eigenvalue weighted by Gasteiger charge is 2.08. The lowest BCUT2D eigenvalue weighted by Gasteiger charge is -2.09. The molecule has 0 atom stereocenters. The van der Waals surface area contributed by atoms with Crippen LogP contribution >= 0.6 is 24.8 Å². The number of benzene rings is 1. The van der Waals surface area contributed by atoms with Crippen molar-refractivity contribution < 1.29 is 9.47 Å². The molecule has 2 rings (SSSR count). The summed E-state index contributed by atoms with van der Waals surface area (Å²) in [5.41, 5.74) is 1.04. The third-order valence-corrected chi connectivity index (χ3v) is 3.11. The normalized spacial score (nSPS) is 10.3. The van der Waals surface area contributed by atoms with Gasteiger partial charge in [0, 0.05) is 24.9 Å². The van der Waals surface area contributed by atoms with Crippen LogP contribution in [-0.2, 0) is 6.42 Å². The van der Waals surface area contributed by atoms with Crippen LogP contribution in [0.15, 0.2) is 30.6 Å². The van der Waals surface area contributed by atoms with Crippen molar-refractivity contribution in [3.63, 3.8) is 0 Å². The second kappa shape index (κ2) is 6.08. The highest BCUT2D eigenvalue weighted by molar-refractivity contribution is 8.11. The van der Waals surface area contributed by atoms with Crippen LogP contribution in [0.1, 0.15) is 11.4 Å². The minimum atomic E-state index is 0.474.